The number of pyridine rings is 1. The molecule has 0 saturated heterocycles. The molecule has 26 heavy (non-hydrogen) atoms. The van der Waals surface area contributed by atoms with Gasteiger partial charge in [0.15, 0.2) is 0 Å². The molecule has 1 fully saturated rings. The number of carbonyl (C=O) groups is 1. The highest BCUT2D eigenvalue weighted by atomic mass is 32.2. The van der Waals surface area contributed by atoms with Crippen LogP contribution in [0.3, 0.4) is 0 Å². The second-order valence-electron chi connectivity index (χ2n) is 6.35. The molecular formula is C17H15FN4O3S. The smallest absolute Gasteiger partial charge is 0.264 e. The monoisotopic (exact) mass is 374 g/mol. The van der Waals surface area contributed by atoms with Crippen molar-refractivity contribution in [3.05, 3.63) is 53.7 Å². The Labute approximate surface area is 148 Å². The zero-order valence-electron chi connectivity index (χ0n) is 13.8. The fourth-order valence-electron chi connectivity index (χ4n) is 2.86. The molecule has 134 valence electrons. The average Bonchev–Trinajstić information content (AvgIpc) is 3.35. The van der Waals surface area contributed by atoms with Crippen LogP contribution in [-0.4, -0.2) is 35.3 Å². The van der Waals surface area contributed by atoms with Crippen molar-refractivity contribution in [1.82, 2.24) is 19.5 Å². The summed E-state index contributed by atoms with van der Waals surface area (Å²) in [5, 5.41) is 5.41. The molecule has 1 aliphatic carbocycles. The lowest BCUT2D eigenvalue weighted by molar-refractivity contribution is 0.0982. The Bertz CT molecular complexity index is 1120. The lowest BCUT2D eigenvalue weighted by Crippen LogP contribution is -2.29. The maximum absolute atomic E-state index is 13.1. The highest BCUT2D eigenvalue weighted by Crippen LogP contribution is 2.43. The molecule has 4 rings (SSSR count). The molecule has 0 spiro atoms. The number of nitrogens with one attached hydrogen (secondary N) is 1. The van der Waals surface area contributed by atoms with Crippen LogP contribution in [0, 0.1) is 5.95 Å². The van der Waals surface area contributed by atoms with Gasteiger partial charge in [0, 0.05) is 16.9 Å². The van der Waals surface area contributed by atoms with Crippen LogP contribution in [0.5, 0.6) is 0 Å². The molecule has 2 aromatic heterocycles. The van der Waals surface area contributed by atoms with Gasteiger partial charge in [-0.3, -0.25) is 4.79 Å². The second-order valence-corrected chi connectivity index (χ2v) is 8.09. The van der Waals surface area contributed by atoms with Crippen molar-refractivity contribution < 1.29 is 17.6 Å². The molecule has 0 aliphatic heterocycles. The SMILES string of the molecule is CS(=O)(=O)NC(=O)c1ccc2c(c1)c(C1CC1)nn2-c1ccc(F)nc1. The van der Waals surface area contributed by atoms with Crippen LogP contribution in [0.15, 0.2) is 36.5 Å². The summed E-state index contributed by atoms with van der Waals surface area (Å²) in [6.07, 6.45) is 4.34. The Hall–Kier alpha value is -2.81. The molecule has 0 radical (unpaired) electrons. The van der Waals surface area contributed by atoms with E-state index in [1.165, 1.54) is 18.3 Å². The Kier molecular flexibility index (Phi) is 3.76. The Morgan fingerprint density at radius 2 is 2.04 bits per heavy atom. The second kappa shape index (κ2) is 5.87. The number of rotatable bonds is 4. The van der Waals surface area contributed by atoms with Gasteiger partial charge in [-0.15, -0.1) is 0 Å². The minimum absolute atomic E-state index is 0.238. The number of halogens is 1. The van der Waals surface area contributed by atoms with Gasteiger partial charge in [-0.05, 0) is 43.2 Å². The number of hydrogen-bond donors (Lipinski definition) is 1. The molecule has 2 heterocycles. The quantitative estimate of drug-likeness (QED) is 0.706. The first kappa shape index (κ1) is 16.6. The van der Waals surface area contributed by atoms with Gasteiger partial charge in [-0.25, -0.2) is 22.8 Å². The summed E-state index contributed by atoms with van der Waals surface area (Å²) >= 11 is 0. The standard InChI is InChI=1S/C17H15FN4O3S/c1-26(24,25)21-17(23)11-4-6-14-13(8-11)16(10-2-3-10)20-22(14)12-5-7-15(18)19-9-12/h4-10H,2-3H2,1H3,(H,21,23). The largest absolute Gasteiger partial charge is 0.268 e. The molecule has 1 aromatic carbocycles. The lowest BCUT2D eigenvalue weighted by Gasteiger charge is -2.05. The molecule has 7 nitrogen and oxygen atoms in total. The lowest BCUT2D eigenvalue weighted by atomic mass is 10.1. The van der Waals surface area contributed by atoms with Gasteiger partial charge in [0.1, 0.15) is 0 Å². The maximum atomic E-state index is 13.1. The van der Waals surface area contributed by atoms with Crippen LogP contribution in [0.1, 0.15) is 34.8 Å². The first-order chi connectivity index (χ1) is 12.3. The predicted octanol–water partition coefficient (Wildman–Crippen LogP) is 2.13. The number of hydrogen-bond acceptors (Lipinski definition) is 5. The first-order valence-corrected chi connectivity index (χ1v) is 9.88. The average molecular weight is 374 g/mol. The molecule has 9 heteroatoms. The third-order valence-corrected chi connectivity index (χ3v) is 4.73. The molecule has 3 aromatic rings. The van der Waals surface area contributed by atoms with Crippen molar-refractivity contribution in [2.24, 2.45) is 0 Å². The van der Waals surface area contributed by atoms with E-state index in [0.29, 0.717) is 11.6 Å². The van der Waals surface area contributed by atoms with Gasteiger partial charge in [0.25, 0.3) is 5.91 Å². The highest BCUT2D eigenvalue weighted by molar-refractivity contribution is 7.89. The van der Waals surface area contributed by atoms with E-state index in [1.807, 2.05) is 4.72 Å². The van der Waals surface area contributed by atoms with Crippen LogP contribution in [0.2, 0.25) is 0 Å². The topological polar surface area (TPSA) is 94.0 Å². The normalized spacial score (nSPS) is 14.5. The van der Waals surface area contributed by atoms with Gasteiger partial charge in [-0.2, -0.15) is 9.49 Å². The maximum Gasteiger partial charge on any atom is 0.264 e. The van der Waals surface area contributed by atoms with E-state index in [0.717, 1.165) is 35.7 Å². The predicted molar refractivity (Wildman–Crippen MR) is 93.1 cm³/mol. The summed E-state index contributed by atoms with van der Waals surface area (Å²) in [7, 11) is -3.64. The van der Waals surface area contributed by atoms with Crippen LogP contribution in [-0.2, 0) is 10.0 Å². The van der Waals surface area contributed by atoms with Gasteiger partial charge in [0.2, 0.25) is 16.0 Å². The third kappa shape index (κ3) is 3.17. The van der Waals surface area contributed by atoms with Crippen molar-refractivity contribution in [2.75, 3.05) is 6.26 Å². The van der Waals surface area contributed by atoms with Crippen LogP contribution in [0.4, 0.5) is 4.39 Å². The van der Waals surface area contributed by atoms with Gasteiger partial charge < -0.3 is 0 Å². The van der Waals surface area contributed by atoms with Crippen molar-refractivity contribution in [3.8, 4) is 5.69 Å². The number of fused-ring (bicyclic) bond motifs is 1. The van der Waals surface area contributed by atoms with Gasteiger partial charge in [0.05, 0.1) is 29.4 Å². The zero-order valence-corrected chi connectivity index (χ0v) is 14.6. The number of aromatic nitrogens is 3. The molecule has 0 unspecified atom stereocenters. The van der Waals surface area contributed by atoms with E-state index in [4.69, 9.17) is 0 Å². The van der Waals surface area contributed by atoms with Crippen LogP contribution >= 0.6 is 0 Å². The highest BCUT2D eigenvalue weighted by Gasteiger charge is 2.30. The zero-order chi connectivity index (χ0) is 18.5. The van der Waals surface area contributed by atoms with Crippen molar-refractivity contribution >= 4 is 26.8 Å². The number of amides is 1. The summed E-state index contributed by atoms with van der Waals surface area (Å²) in [5.74, 6) is -0.958. The Balaban J connectivity index is 1.84. The number of carbonyl (C=O) groups excluding carboxylic acids is 1. The summed E-state index contributed by atoms with van der Waals surface area (Å²) in [5.41, 5.74) is 2.44. The van der Waals surface area contributed by atoms with E-state index in [9.17, 15) is 17.6 Å². The van der Waals surface area contributed by atoms with E-state index in [2.05, 4.69) is 10.1 Å². The summed E-state index contributed by atoms with van der Waals surface area (Å²) in [6, 6.07) is 7.72. The Morgan fingerprint density at radius 3 is 2.65 bits per heavy atom. The van der Waals surface area contributed by atoms with E-state index in [1.54, 1.807) is 22.9 Å². The minimum Gasteiger partial charge on any atom is -0.268 e. The molecular weight excluding hydrogens is 359 g/mol. The molecule has 1 saturated carbocycles. The van der Waals surface area contributed by atoms with Crippen LogP contribution in [0.25, 0.3) is 16.6 Å². The van der Waals surface area contributed by atoms with E-state index >= 15 is 0 Å². The van der Waals surface area contributed by atoms with Crippen LogP contribution < -0.4 is 4.72 Å². The fraction of sp³-hybridized carbons (Fsp3) is 0.235. The van der Waals surface area contributed by atoms with E-state index in [-0.39, 0.29) is 5.56 Å². The summed E-state index contributed by atoms with van der Waals surface area (Å²) in [4.78, 5) is 15.8. The minimum atomic E-state index is -3.64. The van der Waals surface area contributed by atoms with Gasteiger partial charge in [-0.1, -0.05) is 0 Å². The van der Waals surface area contributed by atoms with Crippen molar-refractivity contribution in [3.63, 3.8) is 0 Å². The molecule has 0 atom stereocenters. The summed E-state index contributed by atoms with van der Waals surface area (Å²) in [6.45, 7) is 0. The number of nitrogens with zero attached hydrogens (tertiary/aromatic N) is 3. The number of sulfonamides is 1. The Morgan fingerprint density at radius 1 is 1.27 bits per heavy atom. The molecule has 0 bridgehead atoms. The number of benzene rings is 1. The molecule has 1 aliphatic rings. The van der Waals surface area contributed by atoms with Crippen molar-refractivity contribution in [1.29, 1.82) is 0 Å². The van der Waals surface area contributed by atoms with E-state index < -0.39 is 21.9 Å². The summed E-state index contributed by atoms with van der Waals surface area (Å²) < 4.78 is 39.3. The van der Waals surface area contributed by atoms with Crippen molar-refractivity contribution in [2.45, 2.75) is 18.8 Å². The van der Waals surface area contributed by atoms with Gasteiger partial charge >= 0.3 is 0 Å². The fourth-order valence-corrected chi connectivity index (χ4v) is 3.31. The molecule has 1 N–H and O–H groups in total. The first-order valence-electron chi connectivity index (χ1n) is 7.98. The molecule has 1 amide bonds. The third-order valence-electron chi connectivity index (χ3n) is 4.17.